The number of benzene rings is 1. The predicted octanol–water partition coefficient (Wildman–Crippen LogP) is 2.81. The van der Waals surface area contributed by atoms with Crippen molar-refractivity contribution in [3.8, 4) is 11.8 Å². The molecule has 4 atom stereocenters. The number of ether oxygens (including phenoxy) is 2. The Kier molecular flexibility index (Phi) is 7.56. The Morgan fingerprint density at radius 3 is 2.86 bits per heavy atom. The fourth-order valence-corrected chi connectivity index (χ4v) is 5.40. The second-order valence-electron chi connectivity index (χ2n) is 8.22. The van der Waals surface area contributed by atoms with Crippen molar-refractivity contribution < 1.29 is 27.9 Å². The Hall–Kier alpha value is -3.49. The van der Waals surface area contributed by atoms with Crippen molar-refractivity contribution in [3.63, 3.8) is 0 Å². The fourth-order valence-electron chi connectivity index (χ4n) is 4.11. The molecule has 0 amide bonds. The molecule has 0 spiro atoms. The Labute approximate surface area is 207 Å². The first kappa shape index (κ1) is 25.6. The molecule has 2 aromatic heterocycles. The van der Waals surface area contributed by atoms with Crippen LogP contribution in [-0.2, 0) is 29.0 Å². The van der Waals surface area contributed by atoms with Crippen molar-refractivity contribution in [1.29, 1.82) is 5.26 Å². The lowest BCUT2D eigenvalue weighted by molar-refractivity contribution is -0.141. The number of fused-ring (bicyclic) bond motifs is 1. The van der Waals surface area contributed by atoms with Gasteiger partial charge in [0, 0.05) is 5.92 Å². The highest BCUT2D eigenvalue weighted by atomic mass is 31.2. The highest BCUT2D eigenvalue weighted by Crippen LogP contribution is 2.48. The number of anilines is 1. The van der Waals surface area contributed by atoms with Crippen LogP contribution in [0.1, 0.15) is 26.0 Å². The third-order valence-electron chi connectivity index (χ3n) is 5.81. The van der Waals surface area contributed by atoms with Crippen molar-refractivity contribution in [2.24, 2.45) is 5.92 Å². The third kappa shape index (κ3) is 5.20. The summed E-state index contributed by atoms with van der Waals surface area (Å²) in [5.41, 5.74) is 5.66. The lowest BCUT2D eigenvalue weighted by Crippen LogP contribution is -2.32. The summed E-state index contributed by atoms with van der Waals surface area (Å²) in [6, 6.07) is 14.2. The normalized spacial score (nSPS) is 23.1. The summed E-state index contributed by atoms with van der Waals surface area (Å²) >= 11 is 0. The van der Waals surface area contributed by atoms with Crippen LogP contribution in [0.25, 0.3) is 5.52 Å². The molecule has 1 fully saturated rings. The molecule has 36 heavy (non-hydrogen) atoms. The van der Waals surface area contributed by atoms with E-state index in [2.05, 4.69) is 21.2 Å². The van der Waals surface area contributed by atoms with Gasteiger partial charge in [-0.2, -0.15) is 10.4 Å². The molecule has 3 aromatic rings. The monoisotopic (exact) mass is 514 g/mol. The van der Waals surface area contributed by atoms with Gasteiger partial charge in [-0.3, -0.25) is 9.32 Å². The quantitative estimate of drug-likeness (QED) is 0.302. The van der Waals surface area contributed by atoms with Crippen LogP contribution < -0.4 is 15.3 Å². The number of esters is 1. The van der Waals surface area contributed by atoms with Gasteiger partial charge in [-0.25, -0.2) is 19.2 Å². The number of nitriles is 1. The minimum absolute atomic E-state index is 0.159. The molecule has 3 heterocycles. The van der Waals surface area contributed by atoms with Gasteiger partial charge in [0.25, 0.3) is 0 Å². The standard InChI is InChI=1S/C23H27N6O6P/c1-3-32-21(30)12-28-36(31,35-17-7-5-4-6-8-17)33-13-18-11-16(2)23(14-24,34-18)20-10-9-19-22(25)26-15-27-29(19)20/h4-10,15-16,18H,3,11-13H2,1-2H3,(H,28,31)(H2,25,26,27)/t16-,18-,23+,36?/m0/s1. The highest BCUT2D eigenvalue weighted by Gasteiger charge is 2.51. The number of rotatable bonds is 10. The predicted molar refractivity (Wildman–Crippen MR) is 129 cm³/mol. The number of nitrogens with zero attached hydrogens (tertiary/aromatic N) is 4. The molecular weight excluding hydrogens is 487 g/mol. The molecule has 4 rings (SSSR count). The molecule has 1 saturated heterocycles. The molecule has 12 nitrogen and oxygen atoms in total. The van der Waals surface area contributed by atoms with E-state index in [1.165, 1.54) is 10.8 Å². The highest BCUT2D eigenvalue weighted by molar-refractivity contribution is 7.52. The second kappa shape index (κ2) is 10.6. The summed E-state index contributed by atoms with van der Waals surface area (Å²) in [6.45, 7) is 3.20. The summed E-state index contributed by atoms with van der Waals surface area (Å²) in [6.07, 6.45) is 1.15. The van der Waals surface area contributed by atoms with Crippen molar-refractivity contribution in [1.82, 2.24) is 19.7 Å². The van der Waals surface area contributed by atoms with Crippen molar-refractivity contribution in [2.45, 2.75) is 32.0 Å². The number of nitrogens with two attached hydrogens (primary N) is 1. The average molecular weight is 514 g/mol. The Bertz CT molecular complexity index is 1310. The molecule has 190 valence electrons. The van der Waals surface area contributed by atoms with Crippen LogP contribution >= 0.6 is 7.75 Å². The van der Waals surface area contributed by atoms with Gasteiger partial charge < -0.3 is 19.7 Å². The second-order valence-corrected chi connectivity index (χ2v) is 9.97. The lowest BCUT2D eigenvalue weighted by atomic mass is 9.87. The molecular formula is C23H27N6O6P. The van der Waals surface area contributed by atoms with E-state index in [0.29, 0.717) is 23.4 Å². The molecule has 1 aliphatic heterocycles. The topological polar surface area (TPSA) is 163 Å². The Morgan fingerprint density at radius 1 is 1.36 bits per heavy atom. The van der Waals surface area contributed by atoms with Crippen molar-refractivity contribution >= 4 is 25.1 Å². The molecule has 1 unspecified atom stereocenters. The van der Waals surface area contributed by atoms with Crippen LogP contribution in [0.4, 0.5) is 5.82 Å². The first-order chi connectivity index (χ1) is 17.3. The van der Waals surface area contributed by atoms with Crippen LogP contribution in [0.2, 0.25) is 0 Å². The van der Waals surface area contributed by atoms with E-state index in [-0.39, 0.29) is 31.5 Å². The zero-order valence-electron chi connectivity index (χ0n) is 19.9. The van der Waals surface area contributed by atoms with Crippen LogP contribution in [0.15, 0.2) is 48.8 Å². The van der Waals surface area contributed by atoms with E-state index in [1.807, 2.05) is 6.92 Å². The molecule has 1 aliphatic rings. The van der Waals surface area contributed by atoms with E-state index < -0.39 is 25.4 Å². The van der Waals surface area contributed by atoms with Gasteiger partial charge in [0.1, 0.15) is 30.2 Å². The maximum Gasteiger partial charge on any atom is 0.459 e. The molecule has 1 aromatic carbocycles. The van der Waals surface area contributed by atoms with Crippen molar-refractivity contribution in [3.05, 3.63) is 54.5 Å². The van der Waals surface area contributed by atoms with E-state index in [4.69, 9.17) is 24.3 Å². The fraction of sp³-hybridized carbons (Fsp3) is 0.391. The zero-order valence-corrected chi connectivity index (χ0v) is 20.8. The van der Waals surface area contributed by atoms with E-state index in [9.17, 15) is 14.6 Å². The number of carbonyl (C=O) groups is 1. The summed E-state index contributed by atoms with van der Waals surface area (Å²) in [7, 11) is -4.00. The number of nitrogen functional groups attached to an aromatic ring is 1. The van der Waals surface area contributed by atoms with Gasteiger partial charge >= 0.3 is 13.7 Å². The van der Waals surface area contributed by atoms with Gasteiger partial charge in [-0.05, 0) is 37.6 Å². The summed E-state index contributed by atoms with van der Waals surface area (Å²) < 4.78 is 37.4. The molecule has 0 saturated carbocycles. The number of carbonyl (C=O) groups excluding carboxylic acids is 1. The van der Waals surface area contributed by atoms with Gasteiger partial charge in [0.05, 0.1) is 25.0 Å². The molecule has 0 bridgehead atoms. The maximum atomic E-state index is 13.5. The summed E-state index contributed by atoms with van der Waals surface area (Å²) in [5.74, 6) is -0.288. The van der Waals surface area contributed by atoms with Crippen LogP contribution in [0.3, 0.4) is 0 Å². The van der Waals surface area contributed by atoms with E-state index >= 15 is 0 Å². The minimum Gasteiger partial charge on any atom is -0.465 e. The first-order valence-electron chi connectivity index (χ1n) is 11.4. The Balaban J connectivity index is 1.51. The average Bonchev–Trinajstić information content (AvgIpc) is 3.45. The molecule has 3 N–H and O–H groups in total. The van der Waals surface area contributed by atoms with Gasteiger partial charge in [0.15, 0.2) is 11.4 Å². The van der Waals surface area contributed by atoms with Gasteiger partial charge in [-0.15, -0.1) is 0 Å². The molecule has 13 heteroatoms. The number of hydrogen-bond acceptors (Lipinski definition) is 10. The number of hydrogen-bond donors (Lipinski definition) is 2. The summed E-state index contributed by atoms with van der Waals surface area (Å²) in [4.78, 5) is 15.8. The van der Waals surface area contributed by atoms with Crippen molar-refractivity contribution in [2.75, 3.05) is 25.5 Å². The van der Waals surface area contributed by atoms with Crippen LogP contribution in [-0.4, -0.2) is 46.4 Å². The van der Waals surface area contributed by atoms with Gasteiger partial charge in [0.2, 0.25) is 0 Å². The number of aromatic nitrogens is 3. The Morgan fingerprint density at radius 2 is 2.14 bits per heavy atom. The SMILES string of the molecule is CCOC(=O)CNP(=O)(OC[C@@H]1C[C@H](C)[C@](C#N)(c2ccc3c(N)ncnn23)O1)Oc1ccccc1. The van der Waals surface area contributed by atoms with E-state index in [1.54, 1.807) is 49.4 Å². The maximum absolute atomic E-state index is 13.5. The largest absolute Gasteiger partial charge is 0.465 e. The molecule has 0 radical (unpaired) electrons. The number of nitrogens with one attached hydrogen (secondary N) is 1. The minimum atomic E-state index is -4.00. The summed E-state index contributed by atoms with van der Waals surface area (Å²) in [5, 5.41) is 16.9. The number of para-hydroxylation sites is 1. The van der Waals surface area contributed by atoms with Crippen LogP contribution in [0.5, 0.6) is 5.75 Å². The lowest BCUT2D eigenvalue weighted by Gasteiger charge is -2.26. The zero-order chi connectivity index (χ0) is 25.8. The molecule has 0 aliphatic carbocycles. The first-order valence-corrected chi connectivity index (χ1v) is 12.9. The van der Waals surface area contributed by atoms with Crippen LogP contribution in [0, 0.1) is 17.2 Å². The smallest absolute Gasteiger partial charge is 0.459 e. The van der Waals surface area contributed by atoms with Gasteiger partial charge in [-0.1, -0.05) is 25.1 Å². The van der Waals surface area contributed by atoms with E-state index in [0.717, 1.165) is 0 Å². The third-order valence-corrected chi connectivity index (χ3v) is 7.30.